The van der Waals surface area contributed by atoms with Crippen LogP contribution < -0.4 is 4.90 Å². The topological polar surface area (TPSA) is 66.6 Å². The molecule has 1 aliphatic heterocycles. The molecule has 0 fully saturated rings. The maximum atomic E-state index is 10.7. The standard InChI is InChI=1S/C11H9ClN2O3S/c12-9-3-6-5-14(2-1-8(6)18-9)11-13-4-7(17-11)10(15)16/h3-4H,1-2,5H2,(H,15,16). The van der Waals surface area contributed by atoms with Crippen molar-refractivity contribution in [2.24, 2.45) is 0 Å². The van der Waals surface area contributed by atoms with E-state index >= 15 is 0 Å². The number of thiophene rings is 1. The zero-order chi connectivity index (χ0) is 12.7. The smallest absolute Gasteiger partial charge is 0.373 e. The Labute approximate surface area is 112 Å². The highest BCUT2D eigenvalue weighted by molar-refractivity contribution is 7.16. The Morgan fingerprint density at radius 2 is 2.44 bits per heavy atom. The minimum Gasteiger partial charge on any atom is -0.475 e. The highest BCUT2D eigenvalue weighted by Crippen LogP contribution is 2.32. The molecule has 0 unspecified atom stereocenters. The minimum absolute atomic E-state index is 0.140. The van der Waals surface area contributed by atoms with Gasteiger partial charge in [-0.1, -0.05) is 11.6 Å². The second-order valence-electron chi connectivity index (χ2n) is 3.98. The van der Waals surface area contributed by atoms with Crippen LogP contribution >= 0.6 is 22.9 Å². The van der Waals surface area contributed by atoms with Gasteiger partial charge in [0.1, 0.15) is 0 Å². The van der Waals surface area contributed by atoms with E-state index in [9.17, 15) is 4.79 Å². The zero-order valence-electron chi connectivity index (χ0n) is 9.22. The first-order chi connectivity index (χ1) is 8.63. The van der Waals surface area contributed by atoms with Crippen LogP contribution in [0.2, 0.25) is 4.34 Å². The quantitative estimate of drug-likeness (QED) is 0.918. The molecule has 0 saturated carbocycles. The number of hydrogen-bond acceptors (Lipinski definition) is 5. The summed E-state index contributed by atoms with van der Waals surface area (Å²) in [7, 11) is 0. The summed E-state index contributed by atoms with van der Waals surface area (Å²) >= 11 is 7.56. The molecular weight excluding hydrogens is 276 g/mol. The molecule has 0 radical (unpaired) electrons. The van der Waals surface area contributed by atoms with Crippen molar-refractivity contribution in [1.82, 2.24) is 4.98 Å². The third kappa shape index (κ3) is 1.97. The maximum Gasteiger partial charge on any atom is 0.373 e. The van der Waals surface area contributed by atoms with Gasteiger partial charge in [-0.2, -0.15) is 0 Å². The molecule has 94 valence electrons. The highest BCUT2D eigenvalue weighted by Gasteiger charge is 2.23. The molecule has 0 atom stereocenters. The van der Waals surface area contributed by atoms with E-state index in [1.54, 1.807) is 11.3 Å². The number of halogens is 1. The largest absolute Gasteiger partial charge is 0.475 e. The second kappa shape index (κ2) is 4.29. The Morgan fingerprint density at radius 1 is 1.61 bits per heavy atom. The molecule has 3 rings (SSSR count). The molecular formula is C11H9ClN2O3S. The monoisotopic (exact) mass is 284 g/mol. The molecule has 0 bridgehead atoms. The zero-order valence-corrected chi connectivity index (χ0v) is 10.8. The van der Waals surface area contributed by atoms with Gasteiger partial charge in [0.2, 0.25) is 5.76 Å². The maximum absolute atomic E-state index is 10.7. The number of rotatable bonds is 2. The van der Waals surface area contributed by atoms with Gasteiger partial charge in [0.25, 0.3) is 6.01 Å². The molecule has 0 saturated heterocycles. The van der Waals surface area contributed by atoms with E-state index in [2.05, 4.69) is 4.98 Å². The van der Waals surface area contributed by atoms with Gasteiger partial charge >= 0.3 is 5.97 Å². The van der Waals surface area contributed by atoms with Crippen molar-refractivity contribution in [3.05, 3.63) is 32.8 Å². The van der Waals surface area contributed by atoms with Crippen LogP contribution in [0, 0.1) is 0 Å². The van der Waals surface area contributed by atoms with E-state index in [0.29, 0.717) is 12.6 Å². The molecule has 1 aliphatic rings. The van der Waals surface area contributed by atoms with E-state index < -0.39 is 5.97 Å². The fourth-order valence-corrected chi connectivity index (χ4v) is 3.27. The SMILES string of the molecule is O=C(O)c1cnc(N2CCc3sc(Cl)cc3C2)o1. The molecule has 2 aromatic heterocycles. The lowest BCUT2D eigenvalue weighted by Crippen LogP contribution is -2.29. The molecule has 3 heterocycles. The van der Waals surface area contributed by atoms with Crippen LogP contribution in [-0.2, 0) is 13.0 Å². The Balaban J connectivity index is 1.84. The van der Waals surface area contributed by atoms with E-state index in [4.69, 9.17) is 21.1 Å². The Morgan fingerprint density at radius 3 is 3.17 bits per heavy atom. The summed E-state index contributed by atoms with van der Waals surface area (Å²) in [6, 6.07) is 2.29. The van der Waals surface area contributed by atoms with Crippen LogP contribution in [0.1, 0.15) is 21.0 Å². The first kappa shape index (κ1) is 11.6. The van der Waals surface area contributed by atoms with Crippen molar-refractivity contribution in [2.45, 2.75) is 13.0 Å². The molecule has 0 amide bonds. The van der Waals surface area contributed by atoms with Crippen LogP contribution in [-0.4, -0.2) is 22.6 Å². The Hall–Kier alpha value is -1.53. The molecule has 18 heavy (non-hydrogen) atoms. The van der Waals surface area contributed by atoms with Crippen molar-refractivity contribution in [3.8, 4) is 0 Å². The summed E-state index contributed by atoms with van der Waals surface area (Å²) in [5, 5.41) is 8.79. The third-order valence-electron chi connectivity index (χ3n) is 2.81. The predicted octanol–water partition coefficient (Wildman–Crippen LogP) is 2.65. The van der Waals surface area contributed by atoms with E-state index in [0.717, 1.165) is 22.9 Å². The molecule has 5 nitrogen and oxygen atoms in total. The van der Waals surface area contributed by atoms with Crippen LogP contribution in [0.25, 0.3) is 0 Å². The van der Waals surface area contributed by atoms with Crippen LogP contribution in [0.5, 0.6) is 0 Å². The van der Waals surface area contributed by atoms with Crippen molar-refractivity contribution in [1.29, 1.82) is 0 Å². The fraction of sp³-hybridized carbons (Fsp3) is 0.273. The van der Waals surface area contributed by atoms with Gasteiger partial charge in [-0.15, -0.1) is 11.3 Å². The Kier molecular flexibility index (Phi) is 2.76. The van der Waals surface area contributed by atoms with E-state index in [1.165, 1.54) is 11.1 Å². The number of carbonyl (C=O) groups is 1. The molecule has 0 aromatic carbocycles. The lowest BCUT2D eigenvalue weighted by Gasteiger charge is -2.24. The van der Waals surface area contributed by atoms with Crippen LogP contribution in [0.15, 0.2) is 16.7 Å². The second-order valence-corrected chi connectivity index (χ2v) is 5.75. The van der Waals surface area contributed by atoms with Gasteiger partial charge < -0.3 is 14.4 Å². The van der Waals surface area contributed by atoms with E-state index in [1.807, 2.05) is 11.0 Å². The summed E-state index contributed by atoms with van der Waals surface area (Å²) in [6.45, 7) is 1.40. The molecule has 2 aromatic rings. The van der Waals surface area contributed by atoms with Gasteiger partial charge in [-0.3, -0.25) is 0 Å². The van der Waals surface area contributed by atoms with Gasteiger partial charge in [0.05, 0.1) is 10.5 Å². The number of fused-ring (bicyclic) bond motifs is 1. The van der Waals surface area contributed by atoms with Crippen molar-refractivity contribution >= 4 is 34.9 Å². The number of carboxylic acids is 1. The average molecular weight is 285 g/mol. The summed E-state index contributed by atoms with van der Waals surface area (Å²) < 4.78 is 5.97. The van der Waals surface area contributed by atoms with Gasteiger partial charge in [-0.05, 0) is 18.1 Å². The van der Waals surface area contributed by atoms with Gasteiger partial charge in [0.15, 0.2) is 0 Å². The lowest BCUT2D eigenvalue weighted by atomic mass is 10.1. The summed E-state index contributed by atoms with van der Waals surface area (Å²) in [5.41, 5.74) is 1.16. The molecule has 7 heteroatoms. The summed E-state index contributed by atoms with van der Waals surface area (Å²) in [5.74, 6) is -1.25. The number of oxazole rings is 1. The van der Waals surface area contributed by atoms with Crippen molar-refractivity contribution < 1.29 is 14.3 Å². The Bertz CT molecular complexity index is 607. The molecule has 0 aliphatic carbocycles. The van der Waals surface area contributed by atoms with Gasteiger partial charge in [-0.25, -0.2) is 9.78 Å². The number of nitrogens with zero attached hydrogens (tertiary/aromatic N) is 2. The number of carboxylic acid groups (broad SMARTS) is 1. The molecule has 0 spiro atoms. The minimum atomic E-state index is -1.11. The summed E-state index contributed by atoms with van der Waals surface area (Å²) in [4.78, 5) is 17.9. The summed E-state index contributed by atoms with van der Waals surface area (Å²) in [6.07, 6.45) is 2.10. The van der Waals surface area contributed by atoms with Gasteiger partial charge in [0, 0.05) is 18.0 Å². The van der Waals surface area contributed by atoms with Crippen molar-refractivity contribution in [3.63, 3.8) is 0 Å². The van der Waals surface area contributed by atoms with E-state index in [-0.39, 0.29) is 5.76 Å². The first-order valence-electron chi connectivity index (χ1n) is 5.34. The first-order valence-corrected chi connectivity index (χ1v) is 6.54. The number of hydrogen-bond donors (Lipinski definition) is 1. The predicted molar refractivity (Wildman–Crippen MR) is 67.5 cm³/mol. The van der Waals surface area contributed by atoms with Crippen molar-refractivity contribution in [2.75, 3.05) is 11.4 Å². The average Bonchev–Trinajstić information content (AvgIpc) is 2.91. The third-order valence-corrected chi connectivity index (χ3v) is 4.18. The normalized spacial score (nSPS) is 14.6. The fourth-order valence-electron chi connectivity index (χ4n) is 1.97. The number of anilines is 1. The van der Waals surface area contributed by atoms with Crippen LogP contribution in [0.4, 0.5) is 6.01 Å². The highest BCUT2D eigenvalue weighted by atomic mass is 35.5. The number of aromatic carboxylic acids is 1. The lowest BCUT2D eigenvalue weighted by molar-refractivity contribution is 0.0663. The number of aromatic nitrogens is 1. The molecule has 1 N–H and O–H groups in total. The van der Waals surface area contributed by atoms with Crippen LogP contribution in [0.3, 0.4) is 0 Å².